The molecule has 2 aromatic carbocycles. The lowest BCUT2D eigenvalue weighted by molar-refractivity contribution is -0.123. The third kappa shape index (κ3) is 2.87. The minimum atomic E-state index is -0.267. The van der Waals surface area contributed by atoms with Crippen LogP contribution in [0.2, 0.25) is 0 Å². The largest absolute Gasteiger partial charge is 0.357 e. The Kier molecular flexibility index (Phi) is 3.53. The highest BCUT2D eigenvalue weighted by atomic mass is 19.1. The van der Waals surface area contributed by atoms with Gasteiger partial charge in [-0.25, -0.2) is 9.37 Å². The van der Waals surface area contributed by atoms with Crippen LogP contribution in [-0.2, 0) is 4.79 Å². The zero-order valence-corrected chi connectivity index (χ0v) is 14.8. The number of rotatable bonds is 4. The quantitative estimate of drug-likeness (QED) is 0.510. The van der Waals surface area contributed by atoms with Crippen LogP contribution in [0.1, 0.15) is 36.8 Å². The average Bonchev–Trinajstić information content (AvgIpc) is 3.16. The Morgan fingerprint density at radius 3 is 2.89 bits per heavy atom. The van der Waals surface area contributed by atoms with Crippen molar-refractivity contribution in [1.82, 2.24) is 20.3 Å². The summed E-state index contributed by atoms with van der Waals surface area (Å²) in [5.74, 6) is 0.718. The number of amides is 1. The lowest BCUT2D eigenvalue weighted by Crippen LogP contribution is -2.28. The third-order valence-electron chi connectivity index (χ3n) is 5.32. The van der Waals surface area contributed by atoms with E-state index in [4.69, 9.17) is 0 Å². The zero-order chi connectivity index (χ0) is 18.5. The molecule has 0 radical (unpaired) electrons. The van der Waals surface area contributed by atoms with Gasteiger partial charge in [0.05, 0.1) is 17.1 Å². The summed E-state index contributed by atoms with van der Waals surface area (Å²) in [6.45, 7) is 1.93. The van der Waals surface area contributed by atoms with Crippen LogP contribution in [0, 0.1) is 11.7 Å². The molecule has 4 aromatic rings. The highest BCUT2D eigenvalue weighted by Crippen LogP contribution is 2.47. The second-order valence-electron chi connectivity index (χ2n) is 7.27. The molecule has 2 heterocycles. The van der Waals surface area contributed by atoms with Gasteiger partial charge in [0.25, 0.3) is 0 Å². The van der Waals surface area contributed by atoms with Crippen molar-refractivity contribution < 1.29 is 9.18 Å². The zero-order valence-electron chi connectivity index (χ0n) is 14.8. The van der Waals surface area contributed by atoms with Gasteiger partial charge < -0.3 is 15.3 Å². The van der Waals surface area contributed by atoms with Crippen molar-refractivity contribution in [3.05, 3.63) is 65.9 Å². The maximum Gasteiger partial charge on any atom is 0.224 e. The van der Waals surface area contributed by atoms with Gasteiger partial charge in [-0.15, -0.1) is 0 Å². The lowest BCUT2D eigenvalue weighted by atomic mass is 10.2. The van der Waals surface area contributed by atoms with Gasteiger partial charge in [0.2, 0.25) is 5.91 Å². The molecule has 0 saturated heterocycles. The number of fused-ring (bicyclic) bond motifs is 2. The molecule has 0 aliphatic heterocycles. The first-order valence-corrected chi connectivity index (χ1v) is 9.11. The molecule has 27 heavy (non-hydrogen) atoms. The smallest absolute Gasteiger partial charge is 0.224 e. The number of halogens is 1. The van der Waals surface area contributed by atoms with Crippen LogP contribution in [0.15, 0.2) is 48.5 Å². The molecule has 0 spiro atoms. The fraction of sp³-hybridized carbons (Fsp3) is 0.238. The molecule has 0 unspecified atom stereocenters. The van der Waals surface area contributed by atoms with E-state index < -0.39 is 0 Å². The molecule has 1 saturated carbocycles. The van der Waals surface area contributed by atoms with Crippen molar-refractivity contribution in [2.75, 3.05) is 0 Å². The number of carbonyl (C=O) groups is 1. The van der Waals surface area contributed by atoms with Gasteiger partial charge in [0, 0.05) is 28.4 Å². The molecule has 5 rings (SSSR count). The summed E-state index contributed by atoms with van der Waals surface area (Å²) in [5, 5.41) is 3.86. The summed E-state index contributed by atoms with van der Waals surface area (Å²) in [6.07, 6.45) is 0.802. The number of aromatic amines is 2. The molecule has 1 amide bonds. The normalized spacial score (nSPS) is 20.1. The number of para-hydroxylation sites is 2. The van der Waals surface area contributed by atoms with Gasteiger partial charge in [0.1, 0.15) is 11.6 Å². The Bertz CT molecular complexity index is 1130. The molecule has 3 N–H and O–H groups in total. The Morgan fingerprint density at radius 1 is 1.19 bits per heavy atom. The van der Waals surface area contributed by atoms with E-state index in [-0.39, 0.29) is 29.6 Å². The maximum atomic E-state index is 13.4. The fourth-order valence-electron chi connectivity index (χ4n) is 3.69. The van der Waals surface area contributed by atoms with E-state index in [1.165, 1.54) is 12.1 Å². The molecule has 1 aliphatic carbocycles. The van der Waals surface area contributed by atoms with Crippen molar-refractivity contribution >= 4 is 27.8 Å². The Balaban J connectivity index is 1.28. The third-order valence-corrected chi connectivity index (χ3v) is 5.32. The summed E-state index contributed by atoms with van der Waals surface area (Å²) >= 11 is 0. The first-order chi connectivity index (χ1) is 13.1. The van der Waals surface area contributed by atoms with E-state index in [1.54, 1.807) is 6.07 Å². The summed E-state index contributed by atoms with van der Waals surface area (Å²) in [4.78, 5) is 23.8. The van der Waals surface area contributed by atoms with Crippen molar-refractivity contribution in [1.29, 1.82) is 0 Å². The molecular formula is C21H19FN4O. The van der Waals surface area contributed by atoms with Crippen LogP contribution >= 0.6 is 0 Å². The molecule has 2 aromatic heterocycles. The molecule has 0 bridgehead atoms. The van der Waals surface area contributed by atoms with Gasteiger partial charge in [-0.3, -0.25) is 4.79 Å². The van der Waals surface area contributed by atoms with Crippen LogP contribution in [0.5, 0.6) is 0 Å². The summed E-state index contributed by atoms with van der Waals surface area (Å²) < 4.78 is 13.4. The first kappa shape index (κ1) is 16.1. The van der Waals surface area contributed by atoms with Crippen LogP contribution in [0.3, 0.4) is 0 Å². The number of hydrogen-bond donors (Lipinski definition) is 3. The van der Waals surface area contributed by atoms with Gasteiger partial charge >= 0.3 is 0 Å². The highest BCUT2D eigenvalue weighted by Gasteiger charge is 2.46. The number of nitrogens with zero attached hydrogens (tertiary/aromatic N) is 1. The molecule has 136 valence electrons. The Hall–Kier alpha value is -3.15. The molecule has 5 nitrogen and oxygen atoms in total. The molecule has 3 atom stereocenters. The van der Waals surface area contributed by atoms with E-state index in [2.05, 4.69) is 20.3 Å². The maximum absolute atomic E-state index is 13.4. The van der Waals surface area contributed by atoms with E-state index in [1.807, 2.05) is 37.3 Å². The Labute approximate surface area is 155 Å². The second kappa shape index (κ2) is 5.94. The predicted octanol–water partition coefficient (Wildman–Crippen LogP) is 4.16. The number of H-pyrrole nitrogens is 2. The SMILES string of the molecule is C[C@@H](NC(=O)[C@H]1C[C@@H]1c1nc2ccccc2[nH]1)c1cc2cc(F)ccc2[nH]1. The lowest BCUT2D eigenvalue weighted by Gasteiger charge is -2.12. The van der Waals surface area contributed by atoms with Crippen LogP contribution < -0.4 is 5.32 Å². The van der Waals surface area contributed by atoms with Gasteiger partial charge in [-0.2, -0.15) is 0 Å². The summed E-state index contributed by atoms with van der Waals surface area (Å²) in [7, 11) is 0. The fourth-order valence-corrected chi connectivity index (χ4v) is 3.69. The van der Waals surface area contributed by atoms with E-state index in [0.717, 1.165) is 39.9 Å². The van der Waals surface area contributed by atoms with E-state index >= 15 is 0 Å². The number of nitrogens with one attached hydrogen (secondary N) is 3. The molecule has 6 heteroatoms. The standard InChI is InChI=1S/C21H19FN4O/c1-11(19-9-12-8-13(22)6-7-16(12)24-19)23-21(27)15-10-14(15)20-25-17-4-2-3-5-18(17)26-20/h2-9,11,14-15,24H,10H2,1H3,(H,23,27)(H,25,26)/t11-,14+,15+/m1/s1. The monoisotopic (exact) mass is 362 g/mol. The topological polar surface area (TPSA) is 73.6 Å². The van der Waals surface area contributed by atoms with Crippen molar-refractivity contribution in [3.63, 3.8) is 0 Å². The van der Waals surface area contributed by atoms with Crippen LogP contribution in [0.25, 0.3) is 21.9 Å². The molecule has 1 aliphatic rings. The number of aromatic nitrogens is 3. The first-order valence-electron chi connectivity index (χ1n) is 9.11. The average molecular weight is 362 g/mol. The van der Waals surface area contributed by atoms with E-state index in [9.17, 15) is 9.18 Å². The van der Waals surface area contributed by atoms with Crippen LogP contribution in [-0.4, -0.2) is 20.9 Å². The highest BCUT2D eigenvalue weighted by molar-refractivity contribution is 5.84. The number of benzene rings is 2. The molecule has 1 fully saturated rings. The summed E-state index contributed by atoms with van der Waals surface area (Å²) in [5.41, 5.74) is 3.65. The van der Waals surface area contributed by atoms with Crippen LogP contribution in [0.4, 0.5) is 4.39 Å². The minimum absolute atomic E-state index is 0.0257. The number of hydrogen-bond acceptors (Lipinski definition) is 2. The van der Waals surface area contributed by atoms with Gasteiger partial charge in [0.15, 0.2) is 0 Å². The minimum Gasteiger partial charge on any atom is -0.357 e. The van der Waals surface area contributed by atoms with Crippen molar-refractivity contribution in [2.24, 2.45) is 5.92 Å². The predicted molar refractivity (Wildman–Crippen MR) is 102 cm³/mol. The Morgan fingerprint density at radius 2 is 2.04 bits per heavy atom. The number of carbonyl (C=O) groups excluding carboxylic acids is 1. The van der Waals surface area contributed by atoms with Gasteiger partial charge in [-0.1, -0.05) is 12.1 Å². The van der Waals surface area contributed by atoms with Crippen molar-refractivity contribution in [3.8, 4) is 0 Å². The molecular weight excluding hydrogens is 343 g/mol. The number of imidazole rings is 1. The van der Waals surface area contributed by atoms with Crippen molar-refractivity contribution in [2.45, 2.75) is 25.3 Å². The second-order valence-corrected chi connectivity index (χ2v) is 7.27. The summed E-state index contributed by atoms with van der Waals surface area (Å²) in [6, 6.07) is 14.2. The van der Waals surface area contributed by atoms with Gasteiger partial charge in [-0.05, 0) is 49.7 Å². The van der Waals surface area contributed by atoms with E-state index in [0.29, 0.717) is 0 Å².